The van der Waals surface area contributed by atoms with Gasteiger partial charge in [-0.2, -0.15) is 0 Å². The minimum absolute atomic E-state index is 0.374. The first-order valence-corrected chi connectivity index (χ1v) is 9.83. The van der Waals surface area contributed by atoms with Gasteiger partial charge in [-0.05, 0) is 52.6 Å². The van der Waals surface area contributed by atoms with Crippen LogP contribution in [0.25, 0.3) is 33.5 Å². The molecule has 0 radical (unpaired) electrons. The molecule has 2 heterocycles. The van der Waals surface area contributed by atoms with E-state index in [1.807, 2.05) is 30.3 Å². The molecule has 1 aliphatic heterocycles. The summed E-state index contributed by atoms with van der Waals surface area (Å²) in [5.41, 5.74) is 7.51. The number of ether oxygens (including phenoxy) is 2. The lowest BCUT2D eigenvalue weighted by molar-refractivity contribution is -0.0472. The lowest BCUT2D eigenvalue weighted by atomic mass is 9.95. The zero-order valence-electron chi connectivity index (χ0n) is 16.0. The largest absolute Gasteiger partial charge is 0.345 e. The van der Waals surface area contributed by atoms with Gasteiger partial charge in [-0.15, -0.1) is 0 Å². The van der Waals surface area contributed by atoms with Crippen LogP contribution in [-0.4, -0.2) is 18.2 Å². The molecular formula is C26H21NO2. The molecular weight excluding hydrogens is 358 g/mol. The summed E-state index contributed by atoms with van der Waals surface area (Å²) in [5, 5.41) is 0. The molecule has 0 atom stereocenters. The quantitative estimate of drug-likeness (QED) is 0.427. The maximum absolute atomic E-state index is 5.63. The summed E-state index contributed by atoms with van der Waals surface area (Å²) < 4.78 is 11.3. The van der Waals surface area contributed by atoms with Crippen molar-refractivity contribution in [3.8, 4) is 33.5 Å². The first kappa shape index (κ1) is 17.8. The van der Waals surface area contributed by atoms with Gasteiger partial charge in [0.15, 0.2) is 0 Å². The molecule has 0 bridgehead atoms. The highest BCUT2D eigenvalue weighted by molar-refractivity contribution is 5.80. The highest BCUT2D eigenvalue weighted by Crippen LogP contribution is 2.33. The third kappa shape index (κ3) is 3.83. The maximum atomic E-state index is 5.63. The predicted molar refractivity (Wildman–Crippen MR) is 115 cm³/mol. The number of nitrogens with zero attached hydrogens (tertiary/aromatic N) is 1. The second kappa shape index (κ2) is 8.00. The number of benzene rings is 3. The summed E-state index contributed by atoms with van der Waals surface area (Å²) >= 11 is 0. The number of hydrogen-bond acceptors (Lipinski definition) is 3. The van der Waals surface area contributed by atoms with Crippen molar-refractivity contribution in [1.82, 2.24) is 4.98 Å². The first-order chi connectivity index (χ1) is 14.4. The lowest BCUT2D eigenvalue weighted by Crippen LogP contribution is -2.01. The number of rotatable bonds is 4. The van der Waals surface area contributed by atoms with Gasteiger partial charge in [-0.1, -0.05) is 66.7 Å². The molecule has 1 fully saturated rings. The van der Waals surface area contributed by atoms with Gasteiger partial charge in [0.1, 0.15) is 0 Å². The van der Waals surface area contributed by atoms with Crippen LogP contribution in [0, 0.1) is 0 Å². The SMILES string of the molecule is c1ccc(-c2cc(-c3ccccc3)cc(-c3cccc(C4OCCO4)n3)c2)cc1. The van der Waals surface area contributed by atoms with E-state index in [-0.39, 0.29) is 6.29 Å². The summed E-state index contributed by atoms with van der Waals surface area (Å²) in [6.07, 6.45) is -0.374. The molecule has 1 aliphatic rings. The molecule has 0 saturated carbocycles. The van der Waals surface area contributed by atoms with E-state index in [4.69, 9.17) is 14.5 Å². The van der Waals surface area contributed by atoms with E-state index in [0.717, 1.165) is 17.0 Å². The standard InChI is InChI=1S/C26H21NO2/c1-3-8-19(9-4-1)21-16-22(20-10-5-2-6-11-20)18-23(17-21)24-12-7-13-25(27-24)26-28-14-15-29-26/h1-13,16-18,26H,14-15H2. The van der Waals surface area contributed by atoms with Gasteiger partial charge in [0.2, 0.25) is 6.29 Å². The van der Waals surface area contributed by atoms with Crippen LogP contribution in [0.2, 0.25) is 0 Å². The average molecular weight is 379 g/mol. The highest BCUT2D eigenvalue weighted by Gasteiger charge is 2.20. The Morgan fingerprint density at radius 2 is 1.10 bits per heavy atom. The molecule has 1 aromatic heterocycles. The molecule has 4 aromatic rings. The first-order valence-electron chi connectivity index (χ1n) is 9.83. The fraction of sp³-hybridized carbons (Fsp3) is 0.115. The van der Waals surface area contributed by atoms with Crippen molar-refractivity contribution in [2.45, 2.75) is 6.29 Å². The van der Waals surface area contributed by atoms with Crippen LogP contribution in [-0.2, 0) is 9.47 Å². The van der Waals surface area contributed by atoms with E-state index in [1.54, 1.807) is 0 Å². The molecule has 0 spiro atoms. The molecule has 0 N–H and O–H groups in total. The maximum Gasteiger partial charge on any atom is 0.201 e. The smallest absolute Gasteiger partial charge is 0.201 e. The van der Waals surface area contributed by atoms with Crippen molar-refractivity contribution in [2.24, 2.45) is 0 Å². The molecule has 5 rings (SSSR count). The molecule has 3 heteroatoms. The Hall–Kier alpha value is -3.27. The van der Waals surface area contributed by atoms with Gasteiger partial charge in [-0.25, -0.2) is 4.98 Å². The van der Waals surface area contributed by atoms with E-state index in [0.29, 0.717) is 13.2 Å². The topological polar surface area (TPSA) is 31.4 Å². The van der Waals surface area contributed by atoms with Crippen molar-refractivity contribution in [2.75, 3.05) is 13.2 Å². The van der Waals surface area contributed by atoms with Crippen LogP contribution in [0.1, 0.15) is 12.0 Å². The van der Waals surface area contributed by atoms with Crippen LogP contribution in [0.15, 0.2) is 97.1 Å². The second-order valence-electron chi connectivity index (χ2n) is 7.05. The Morgan fingerprint density at radius 1 is 0.552 bits per heavy atom. The van der Waals surface area contributed by atoms with Crippen molar-refractivity contribution < 1.29 is 9.47 Å². The zero-order chi connectivity index (χ0) is 19.5. The molecule has 3 aromatic carbocycles. The minimum atomic E-state index is -0.374. The molecule has 0 aliphatic carbocycles. The third-order valence-corrected chi connectivity index (χ3v) is 5.08. The van der Waals surface area contributed by atoms with E-state index >= 15 is 0 Å². The molecule has 3 nitrogen and oxygen atoms in total. The van der Waals surface area contributed by atoms with Crippen LogP contribution < -0.4 is 0 Å². The molecule has 0 unspecified atom stereocenters. The van der Waals surface area contributed by atoms with Crippen LogP contribution in [0.5, 0.6) is 0 Å². The second-order valence-corrected chi connectivity index (χ2v) is 7.05. The summed E-state index contributed by atoms with van der Waals surface area (Å²) in [6.45, 7) is 1.22. The summed E-state index contributed by atoms with van der Waals surface area (Å²) in [5.74, 6) is 0. The molecule has 142 valence electrons. The summed E-state index contributed by atoms with van der Waals surface area (Å²) in [4.78, 5) is 4.84. The minimum Gasteiger partial charge on any atom is -0.345 e. The summed E-state index contributed by atoms with van der Waals surface area (Å²) in [6, 6.07) is 33.5. The fourth-order valence-corrected chi connectivity index (χ4v) is 3.64. The number of pyridine rings is 1. The Labute approximate surface area is 170 Å². The Bertz CT molecular complexity index is 1050. The van der Waals surface area contributed by atoms with Crippen molar-refractivity contribution in [3.05, 3.63) is 103 Å². The van der Waals surface area contributed by atoms with Gasteiger partial charge in [0.05, 0.1) is 24.6 Å². The van der Waals surface area contributed by atoms with E-state index in [1.165, 1.54) is 22.3 Å². The number of hydrogen-bond donors (Lipinski definition) is 0. The lowest BCUT2D eigenvalue weighted by Gasteiger charge is -2.13. The predicted octanol–water partition coefficient (Wildman–Crippen LogP) is 6.13. The fourth-order valence-electron chi connectivity index (χ4n) is 3.64. The van der Waals surface area contributed by atoms with Crippen LogP contribution in [0.4, 0.5) is 0 Å². The Morgan fingerprint density at radius 3 is 1.69 bits per heavy atom. The van der Waals surface area contributed by atoms with Crippen molar-refractivity contribution >= 4 is 0 Å². The Kier molecular flexibility index (Phi) is 4.91. The molecule has 29 heavy (non-hydrogen) atoms. The van der Waals surface area contributed by atoms with E-state index in [9.17, 15) is 0 Å². The van der Waals surface area contributed by atoms with Gasteiger partial charge in [0, 0.05) is 5.56 Å². The van der Waals surface area contributed by atoms with Crippen LogP contribution >= 0.6 is 0 Å². The van der Waals surface area contributed by atoms with Gasteiger partial charge < -0.3 is 9.47 Å². The van der Waals surface area contributed by atoms with Gasteiger partial charge >= 0.3 is 0 Å². The summed E-state index contributed by atoms with van der Waals surface area (Å²) in [7, 11) is 0. The number of aromatic nitrogens is 1. The molecule has 1 saturated heterocycles. The van der Waals surface area contributed by atoms with E-state index < -0.39 is 0 Å². The monoisotopic (exact) mass is 379 g/mol. The van der Waals surface area contributed by atoms with Crippen LogP contribution in [0.3, 0.4) is 0 Å². The average Bonchev–Trinajstić information content (AvgIpc) is 3.35. The van der Waals surface area contributed by atoms with E-state index in [2.05, 4.69) is 66.7 Å². The Balaban J connectivity index is 1.63. The normalized spacial score (nSPS) is 14.2. The third-order valence-electron chi connectivity index (χ3n) is 5.08. The zero-order valence-corrected chi connectivity index (χ0v) is 16.0. The van der Waals surface area contributed by atoms with Crippen molar-refractivity contribution in [1.29, 1.82) is 0 Å². The molecule has 0 amide bonds. The highest BCUT2D eigenvalue weighted by atomic mass is 16.7. The van der Waals surface area contributed by atoms with Crippen molar-refractivity contribution in [3.63, 3.8) is 0 Å². The van der Waals surface area contributed by atoms with Gasteiger partial charge in [0.25, 0.3) is 0 Å². The van der Waals surface area contributed by atoms with Gasteiger partial charge in [-0.3, -0.25) is 0 Å².